The number of para-hydroxylation sites is 1. The van der Waals surface area contributed by atoms with Crippen LogP contribution in [0.2, 0.25) is 0 Å². The Morgan fingerprint density at radius 2 is 1.65 bits per heavy atom. The summed E-state index contributed by atoms with van der Waals surface area (Å²) in [5.41, 5.74) is -1.04. The first kappa shape index (κ1) is 28.9. The zero-order valence-electron chi connectivity index (χ0n) is 20.9. The molecule has 0 aromatic heterocycles. The maximum atomic E-state index is 13.5. The van der Waals surface area contributed by atoms with Crippen LogP contribution in [0.1, 0.15) is 29.5 Å². The number of carbonyl (C=O) groups is 1. The Hall–Kier alpha value is -2.67. The molecule has 2 unspecified atom stereocenters. The molecule has 2 aromatic rings. The van der Waals surface area contributed by atoms with E-state index in [-0.39, 0.29) is 25.9 Å². The van der Waals surface area contributed by atoms with E-state index in [1.54, 1.807) is 24.3 Å². The van der Waals surface area contributed by atoms with Gasteiger partial charge < -0.3 is 19.5 Å². The molecule has 2 aromatic carbocycles. The number of benzene rings is 2. The quantitative estimate of drug-likeness (QED) is 0.340. The molecule has 1 N–H and O–H groups in total. The molecule has 0 bridgehead atoms. The average molecular weight is 546 g/mol. The lowest BCUT2D eigenvalue weighted by molar-refractivity contribution is -0.234. The van der Waals surface area contributed by atoms with Gasteiger partial charge in [-0.3, -0.25) is 8.98 Å². The number of hydrogen-bond acceptors (Lipinski definition) is 7. The number of alkyl halides is 3. The van der Waals surface area contributed by atoms with Gasteiger partial charge in [-0.25, -0.2) is 0 Å². The second-order valence-corrected chi connectivity index (χ2v) is 10.6. The summed E-state index contributed by atoms with van der Waals surface area (Å²) in [6.07, 6.45) is -3.47. The van der Waals surface area contributed by atoms with Gasteiger partial charge in [0.2, 0.25) is 11.7 Å². The van der Waals surface area contributed by atoms with Crippen LogP contribution in [0.5, 0.6) is 5.75 Å². The first-order chi connectivity index (χ1) is 17.3. The Kier molecular flexibility index (Phi) is 8.57. The van der Waals surface area contributed by atoms with Crippen molar-refractivity contribution >= 4 is 16.0 Å². The maximum absolute atomic E-state index is 13.5. The van der Waals surface area contributed by atoms with Crippen molar-refractivity contribution in [3.8, 4) is 5.75 Å². The van der Waals surface area contributed by atoms with Gasteiger partial charge in [0.25, 0.3) is 10.1 Å². The molecule has 2 atom stereocenters. The summed E-state index contributed by atoms with van der Waals surface area (Å²) in [7, 11) is 0.548. The molecule has 12 heteroatoms. The molecule has 8 nitrogen and oxygen atoms in total. The molecular weight excluding hydrogens is 515 g/mol. The fourth-order valence-electron chi connectivity index (χ4n) is 4.83. The summed E-state index contributed by atoms with van der Waals surface area (Å²) in [4.78, 5) is 13.5. The van der Waals surface area contributed by atoms with Crippen LogP contribution >= 0.6 is 0 Å². The zero-order valence-corrected chi connectivity index (χ0v) is 21.7. The van der Waals surface area contributed by atoms with Crippen LogP contribution in [0.25, 0.3) is 0 Å². The largest absolute Gasteiger partial charge is 0.496 e. The fraction of sp³-hybridized carbons (Fsp3) is 0.480. The third-order valence-corrected chi connectivity index (χ3v) is 7.23. The van der Waals surface area contributed by atoms with Gasteiger partial charge in [-0.2, -0.15) is 21.6 Å². The van der Waals surface area contributed by atoms with Crippen LogP contribution in [0.4, 0.5) is 13.2 Å². The number of rotatable bonds is 11. The zero-order chi connectivity index (χ0) is 27.5. The number of hydrogen-bond donors (Lipinski definition) is 1. The highest BCUT2D eigenvalue weighted by molar-refractivity contribution is 7.85. The van der Waals surface area contributed by atoms with Crippen molar-refractivity contribution < 1.29 is 44.8 Å². The first-order valence-electron chi connectivity index (χ1n) is 11.4. The normalized spacial score (nSPS) is 20.6. The molecule has 0 spiro atoms. The van der Waals surface area contributed by atoms with E-state index in [2.05, 4.69) is 5.32 Å². The third-order valence-electron chi connectivity index (χ3n) is 6.63. The van der Waals surface area contributed by atoms with Gasteiger partial charge in [-0.1, -0.05) is 24.3 Å². The second-order valence-electron chi connectivity index (χ2n) is 8.93. The van der Waals surface area contributed by atoms with Crippen molar-refractivity contribution in [3.05, 3.63) is 65.2 Å². The molecule has 0 radical (unpaired) electrons. The SMILES string of the molecule is COc1ccccc1C(OC)(OC)C1CC(CCOS(C)(=O)=O)(Cc2ccc(C(F)(F)F)cc2)C(=O)N1. The highest BCUT2D eigenvalue weighted by Gasteiger charge is 2.55. The van der Waals surface area contributed by atoms with Gasteiger partial charge >= 0.3 is 6.18 Å². The minimum atomic E-state index is -4.50. The number of nitrogens with one attached hydrogen (secondary N) is 1. The molecule has 1 saturated heterocycles. The van der Waals surface area contributed by atoms with Gasteiger partial charge in [-0.05, 0) is 49.1 Å². The third kappa shape index (κ3) is 6.25. The molecule has 1 amide bonds. The lowest BCUT2D eigenvalue weighted by Crippen LogP contribution is -2.49. The van der Waals surface area contributed by atoms with Crippen LogP contribution < -0.4 is 10.1 Å². The fourth-order valence-corrected chi connectivity index (χ4v) is 5.22. The average Bonchev–Trinajstić information content (AvgIpc) is 3.15. The minimum absolute atomic E-state index is 0.0150. The number of methoxy groups -OCH3 is 3. The van der Waals surface area contributed by atoms with Crippen molar-refractivity contribution in [3.63, 3.8) is 0 Å². The Morgan fingerprint density at radius 3 is 2.19 bits per heavy atom. The second kappa shape index (κ2) is 11.0. The van der Waals surface area contributed by atoms with Crippen LogP contribution in [0.3, 0.4) is 0 Å². The van der Waals surface area contributed by atoms with E-state index in [0.29, 0.717) is 16.9 Å². The predicted molar refractivity (Wildman–Crippen MR) is 128 cm³/mol. The lowest BCUT2D eigenvalue weighted by Gasteiger charge is -2.37. The Balaban J connectivity index is 2.00. The van der Waals surface area contributed by atoms with E-state index in [1.165, 1.54) is 33.5 Å². The van der Waals surface area contributed by atoms with E-state index in [4.69, 9.17) is 18.4 Å². The number of halogens is 3. The summed E-state index contributed by atoms with van der Waals surface area (Å²) in [6, 6.07) is 10.7. The molecule has 1 heterocycles. The smallest absolute Gasteiger partial charge is 0.416 e. The Labute approximate surface area is 214 Å². The molecule has 204 valence electrons. The summed E-state index contributed by atoms with van der Waals surface area (Å²) >= 11 is 0. The molecule has 1 aliphatic rings. The molecule has 1 fully saturated rings. The lowest BCUT2D eigenvalue weighted by atomic mass is 9.75. The van der Waals surface area contributed by atoms with Crippen molar-refractivity contribution in [1.82, 2.24) is 5.32 Å². The van der Waals surface area contributed by atoms with Gasteiger partial charge in [0, 0.05) is 14.2 Å². The highest BCUT2D eigenvalue weighted by Crippen LogP contribution is 2.46. The number of carbonyl (C=O) groups excluding carboxylic acids is 1. The molecule has 1 aliphatic heterocycles. The predicted octanol–water partition coefficient (Wildman–Crippen LogP) is 3.64. The van der Waals surface area contributed by atoms with Crippen LogP contribution in [-0.2, 0) is 47.0 Å². The maximum Gasteiger partial charge on any atom is 0.416 e. The summed E-state index contributed by atoms with van der Waals surface area (Å²) < 4.78 is 84.4. The monoisotopic (exact) mass is 545 g/mol. The van der Waals surface area contributed by atoms with Crippen molar-refractivity contribution in [2.45, 2.75) is 37.3 Å². The number of amides is 1. The van der Waals surface area contributed by atoms with Crippen LogP contribution in [0.15, 0.2) is 48.5 Å². The minimum Gasteiger partial charge on any atom is -0.496 e. The van der Waals surface area contributed by atoms with Gasteiger partial charge in [0.1, 0.15) is 5.75 Å². The van der Waals surface area contributed by atoms with Crippen molar-refractivity contribution in [2.24, 2.45) is 5.41 Å². The topological polar surface area (TPSA) is 100 Å². The molecular formula is C25H30F3NO7S. The highest BCUT2D eigenvalue weighted by atomic mass is 32.2. The van der Waals surface area contributed by atoms with Gasteiger partial charge in [-0.15, -0.1) is 0 Å². The van der Waals surface area contributed by atoms with Crippen molar-refractivity contribution in [1.29, 1.82) is 0 Å². The van der Waals surface area contributed by atoms with Crippen molar-refractivity contribution in [2.75, 3.05) is 34.2 Å². The van der Waals surface area contributed by atoms with Gasteiger partial charge in [0.15, 0.2) is 0 Å². The Morgan fingerprint density at radius 1 is 1.03 bits per heavy atom. The van der Waals surface area contributed by atoms with E-state index in [9.17, 15) is 26.4 Å². The van der Waals surface area contributed by atoms with E-state index < -0.39 is 45.0 Å². The summed E-state index contributed by atoms with van der Waals surface area (Å²) in [5.74, 6) is -1.44. The summed E-state index contributed by atoms with van der Waals surface area (Å²) in [5, 5.41) is 2.91. The molecule has 37 heavy (non-hydrogen) atoms. The standard InChI is InChI=1S/C25H30F3NO7S/c1-33-20-8-6-5-7-19(20)24(34-2,35-3)21-16-23(22(30)29-21,13-14-36-37(4,31)32)15-17-9-11-18(12-10-17)25(26,27)28/h5-12,21H,13-16H2,1-4H3,(H,29,30). The van der Waals surface area contributed by atoms with E-state index in [1.807, 2.05) is 0 Å². The summed E-state index contributed by atoms with van der Waals surface area (Å²) in [6.45, 7) is -0.290. The van der Waals surface area contributed by atoms with Crippen LogP contribution in [0, 0.1) is 5.41 Å². The molecule has 0 aliphatic carbocycles. The van der Waals surface area contributed by atoms with E-state index in [0.717, 1.165) is 18.4 Å². The first-order valence-corrected chi connectivity index (χ1v) is 13.2. The van der Waals surface area contributed by atoms with Gasteiger partial charge in [0.05, 0.1) is 42.6 Å². The Bertz CT molecular complexity index is 1200. The van der Waals surface area contributed by atoms with Crippen LogP contribution in [-0.4, -0.2) is 54.6 Å². The number of ether oxygens (including phenoxy) is 3. The molecule has 0 saturated carbocycles. The molecule has 3 rings (SSSR count). The van der Waals surface area contributed by atoms with E-state index >= 15 is 0 Å².